The Morgan fingerprint density at radius 1 is 1.69 bits per heavy atom. The Morgan fingerprint density at radius 3 is 2.38 bits per heavy atom. The molecule has 0 aliphatic carbocycles. The van der Waals surface area contributed by atoms with Crippen LogP contribution in [0.2, 0.25) is 0 Å². The number of ether oxygens (including phenoxy) is 1. The van der Waals surface area contributed by atoms with Gasteiger partial charge in [0.1, 0.15) is 5.69 Å². The molecule has 1 aromatic rings. The second-order valence-corrected chi connectivity index (χ2v) is 3.04. The number of halogens is 1. The smallest absolute Gasteiger partial charge is 0.171 e. The van der Waals surface area contributed by atoms with E-state index in [0.717, 1.165) is 16.8 Å². The van der Waals surface area contributed by atoms with E-state index >= 15 is 0 Å². The Labute approximate surface area is 85.8 Å². The SMILES string of the molecule is CCOC.Cc1[nH]nc(C=O)c1Br. The number of nitrogens with one attached hydrogen (secondary N) is 1. The largest absolute Gasteiger partial charge is 0.385 e. The molecule has 1 rings (SSSR count). The van der Waals surface area contributed by atoms with Gasteiger partial charge in [0.25, 0.3) is 0 Å². The number of carbonyl (C=O) groups is 1. The summed E-state index contributed by atoms with van der Waals surface area (Å²) in [5.74, 6) is 0. The van der Waals surface area contributed by atoms with Gasteiger partial charge < -0.3 is 4.74 Å². The Kier molecular flexibility index (Phi) is 6.44. The molecule has 0 spiro atoms. The number of aldehydes is 1. The van der Waals surface area contributed by atoms with Gasteiger partial charge in [0, 0.05) is 19.4 Å². The lowest BCUT2D eigenvalue weighted by Crippen LogP contribution is -1.77. The summed E-state index contributed by atoms with van der Waals surface area (Å²) in [6.45, 7) is 4.62. The van der Waals surface area contributed by atoms with Crippen molar-refractivity contribution < 1.29 is 9.53 Å². The maximum atomic E-state index is 10.1. The minimum absolute atomic E-state index is 0.424. The summed E-state index contributed by atoms with van der Waals surface area (Å²) < 4.78 is 5.29. The van der Waals surface area contributed by atoms with E-state index in [1.54, 1.807) is 7.11 Å². The predicted octanol–water partition coefficient (Wildman–Crippen LogP) is 1.95. The molecule has 1 aromatic heterocycles. The van der Waals surface area contributed by atoms with Gasteiger partial charge in [0.05, 0.1) is 4.47 Å². The maximum absolute atomic E-state index is 10.1. The lowest BCUT2D eigenvalue weighted by atomic mass is 10.4. The molecule has 0 fully saturated rings. The first-order valence-electron chi connectivity index (χ1n) is 3.81. The second kappa shape index (κ2) is 6.80. The molecule has 0 saturated carbocycles. The molecule has 4 nitrogen and oxygen atoms in total. The van der Waals surface area contributed by atoms with Crippen molar-refractivity contribution in [1.82, 2.24) is 10.2 Å². The fourth-order valence-corrected chi connectivity index (χ4v) is 0.783. The van der Waals surface area contributed by atoms with Crippen LogP contribution < -0.4 is 0 Å². The molecule has 0 atom stereocenters. The summed E-state index contributed by atoms with van der Waals surface area (Å²) in [6, 6.07) is 0. The van der Waals surface area contributed by atoms with Gasteiger partial charge in [-0.2, -0.15) is 5.10 Å². The third-order valence-electron chi connectivity index (χ3n) is 1.30. The van der Waals surface area contributed by atoms with Gasteiger partial charge in [-0.3, -0.25) is 9.89 Å². The average molecular weight is 249 g/mol. The standard InChI is InChI=1S/C5H5BrN2O.C3H8O/c1-3-5(6)4(2-9)8-7-3;1-3-4-2/h2H,1H3,(H,7,8);3H2,1-2H3. The van der Waals surface area contributed by atoms with Crippen LogP contribution in [0.4, 0.5) is 0 Å². The van der Waals surface area contributed by atoms with E-state index in [2.05, 4.69) is 30.9 Å². The minimum atomic E-state index is 0.424. The third-order valence-corrected chi connectivity index (χ3v) is 2.30. The highest BCUT2D eigenvalue weighted by Crippen LogP contribution is 2.15. The molecule has 0 aliphatic rings. The Bertz CT molecular complexity index is 259. The van der Waals surface area contributed by atoms with Crippen molar-refractivity contribution in [3.05, 3.63) is 15.9 Å². The number of hydrogen-bond donors (Lipinski definition) is 1. The van der Waals surface area contributed by atoms with Crippen molar-refractivity contribution in [2.45, 2.75) is 13.8 Å². The summed E-state index contributed by atoms with van der Waals surface area (Å²) >= 11 is 3.19. The lowest BCUT2D eigenvalue weighted by molar-refractivity contribution is 0.111. The van der Waals surface area contributed by atoms with Crippen LogP contribution in [0.15, 0.2) is 4.47 Å². The lowest BCUT2D eigenvalue weighted by Gasteiger charge is -1.80. The molecule has 0 aliphatic heterocycles. The number of hydrogen-bond acceptors (Lipinski definition) is 3. The Balaban J connectivity index is 0.000000310. The molecule has 13 heavy (non-hydrogen) atoms. The highest BCUT2D eigenvalue weighted by Gasteiger charge is 2.03. The summed E-state index contributed by atoms with van der Waals surface area (Å²) in [4.78, 5) is 10.1. The van der Waals surface area contributed by atoms with Crippen LogP contribution in [-0.4, -0.2) is 30.2 Å². The van der Waals surface area contributed by atoms with Crippen LogP contribution in [0.25, 0.3) is 0 Å². The van der Waals surface area contributed by atoms with E-state index in [-0.39, 0.29) is 0 Å². The molecule has 1 heterocycles. The number of methoxy groups -OCH3 is 1. The summed E-state index contributed by atoms with van der Waals surface area (Å²) in [6.07, 6.45) is 0.702. The molecule has 0 bridgehead atoms. The summed E-state index contributed by atoms with van der Waals surface area (Å²) in [7, 11) is 1.68. The maximum Gasteiger partial charge on any atom is 0.171 e. The quantitative estimate of drug-likeness (QED) is 0.815. The van der Waals surface area contributed by atoms with E-state index in [0.29, 0.717) is 12.0 Å². The van der Waals surface area contributed by atoms with Gasteiger partial charge in [-0.25, -0.2) is 0 Å². The van der Waals surface area contributed by atoms with Crippen molar-refractivity contribution in [2.24, 2.45) is 0 Å². The molecule has 0 unspecified atom stereocenters. The number of nitrogens with zero attached hydrogens (tertiary/aromatic N) is 1. The highest BCUT2D eigenvalue weighted by atomic mass is 79.9. The zero-order valence-corrected chi connectivity index (χ0v) is 9.51. The first-order chi connectivity index (χ1) is 6.17. The van der Waals surface area contributed by atoms with Gasteiger partial charge in [0.2, 0.25) is 0 Å². The third kappa shape index (κ3) is 4.19. The monoisotopic (exact) mass is 248 g/mol. The van der Waals surface area contributed by atoms with Crippen LogP contribution in [0.3, 0.4) is 0 Å². The van der Waals surface area contributed by atoms with Crippen molar-refractivity contribution >= 4 is 22.2 Å². The molecule has 0 amide bonds. The zero-order chi connectivity index (χ0) is 10.3. The van der Waals surface area contributed by atoms with Crippen LogP contribution in [0.1, 0.15) is 23.1 Å². The normalized spacial score (nSPS) is 8.92. The van der Waals surface area contributed by atoms with E-state index in [1.807, 2.05) is 13.8 Å². The molecule has 1 N–H and O–H groups in total. The molecule has 74 valence electrons. The van der Waals surface area contributed by atoms with Gasteiger partial charge in [0.15, 0.2) is 6.29 Å². The molecular formula is C8H13BrN2O2. The molecule has 0 radical (unpaired) electrons. The molecular weight excluding hydrogens is 236 g/mol. The summed E-state index contributed by atoms with van der Waals surface area (Å²) in [5, 5.41) is 6.35. The Hall–Kier alpha value is -0.680. The predicted molar refractivity (Wildman–Crippen MR) is 54.0 cm³/mol. The Morgan fingerprint density at radius 2 is 2.23 bits per heavy atom. The average Bonchev–Trinajstić information content (AvgIpc) is 2.48. The number of rotatable bonds is 2. The molecule has 5 heteroatoms. The molecule has 0 saturated heterocycles. The highest BCUT2D eigenvalue weighted by molar-refractivity contribution is 9.10. The second-order valence-electron chi connectivity index (χ2n) is 2.24. The van der Waals surface area contributed by atoms with Crippen molar-refractivity contribution in [2.75, 3.05) is 13.7 Å². The van der Waals surface area contributed by atoms with Crippen molar-refractivity contribution in [1.29, 1.82) is 0 Å². The topological polar surface area (TPSA) is 55.0 Å². The number of aryl methyl sites for hydroxylation is 1. The fraction of sp³-hybridized carbons (Fsp3) is 0.500. The molecule has 0 aromatic carbocycles. The minimum Gasteiger partial charge on any atom is -0.385 e. The number of carbonyl (C=O) groups excluding carboxylic acids is 1. The van der Waals surface area contributed by atoms with Crippen molar-refractivity contribution in [3.8, 4) is 0 Å². The first kappa shape index (κ1) is 12.3. The van der Waals surface area contributed by atoms with Gasteiger partial charge >= 0.3 is 0 Å². The van der Waals surface area contributed by atoms with Gasteiger partial charge in [-0.1, -0.05) is 0 Å². The first-order valence-corrected chi connectivity index (χ1v) is 4.61. The number of aromatic nitrogens is 2. The van der Waals surface area contributed by atoms with E-state index in [1.165, 1.54) is 0 Å². The number of aromatic amines is 1. The van der Waals surface area contributed by atoms with Crippen LogP contribution in [0, 0.1) is 6.92 Å². The van der Waals surface area contributed by atoms with Crippen molar-refractivity contribution in [3.63, 3.8) is 0 Å². The van der Waals surface area contributed by atoms with E-state index in [4.69, 9.17) is 0 Å². The van der Waals surface area contributed by atoms with Crippen LogP contribution in [0.5, 0.6) is 0 Å². The van der Waals surface area contributed by atoms with Crippen LogP contribution >= 0.6 is 15.9 Å². The van der Waals surface area contributed by atoms with Crippen LogP contribution in [-0.2, 0) is 4.74 Å². The van der Waals surface area contributed by atoms with Gasteiger partial charge in [-0.15, -0.1) is 0 Å². The van der Waals surface area contributed by atoms with E-state index in [9.17, 15) is 4.79 Å². The zero-order valence-electron chi connectivity index (χ0n) is 7.93. The van der Waals surface area contributed by atoms with Gasteiger partial charge in [-0.05, 0) is 29.8 Å². The fourth-order valence-electron chi connectivity index (χ4n) is 0.512. The van der Waals surface area contributed by atoms with E-state index < -0.39 is 0 Å². The number of H-pyrrole nitrogens is 1. The summed E-state index contributed by atoms with van der Waals surface area (Å²) in [5.41, 5.74) is 1.30.